The molecule has 0 saturated carbocycles. The monoisotopic (exact) mass is 179 g/mol. The van der Waals surface area contributed by atoms with Crippen LogP contribution in [0.15, 0.2) is 24.3 Å². The van der Waals surface area contributed by atoms with Gasteiger partial charge in [0.25, 0.3) is 0 Å². The predicted molar refractivity (Wildman–Crippen MR) is 48.8 cm³/mol. The highest BCUT2D eigenvalue weighted by atomic mass is 16.5. The van der Waals surface area contributed by atoms with Crippen molar-refractivity contribution in [1.82, 2.24) is 0 Å². The number of aliphatic hydroxyl groups is 1. The van der Waals surface area contributed by atoms with Gasteiger partial charge in [0.15, 0.2) is 0 Å². The fourth-order valence-electron chi connectivity index (χ4n) is 1.44. The molecule has 0 amide bonds. The minimum Gasteiger partial charge on any atom is -0.383 e. The zero-order chi connectivity index (χ0) is 9.73. The maximum Gasteiger partial charge on any atom is 0.113 e. The highest BCUT2D eigenvalue weighted by molar-refractivity contribution is 5.22. The minimum atomic E-state index is -1.01. The van der Waals surface area contributed by atoms with E-state index in [4.69, 9.17) is 10.00 Å². The van der Waals surface area contributed by atoms with E-state index >= 15 is 0 Å². The van der Waals surface area contributed by atoms with Crippen molar-refractivity contribution in [2.24, 2.45) is 5.92 Å². The van der Waals surface area contributed by atoms with Crippen LogP contribution in [-0.2, 0) is 4.74 Å². The third-order valence-electron chi connectivity index (χ3n) is 2.17. The summed E-state index contributed by atoms with van der Waals surface area (Å²) in [5, 5.41) is 18.6. The van der Waals surface area contributed by atoms with Gasteiger partial charge >= 0.3 is 0 Å². The minimum absolute atomic E-state index is 0.164. The Morgan fingerprint density at radius 2 is 2.38 bits per heavy atom. The van der Waals surface area contributed by atoms with Crippen molar-refractivity contribution in [3.05, 3.63) is 24.3 Å². The van der Waals surface area contributed by atoms with E-state index in [-0.39, 0.29) is 12.5 Å². The molecule has 0 fully saturated rings. The van der Waals surface area contributed by atoms with Crippen molar-refractivity contribution in [2.75, 3.05) is 13.7 Å². The number of ether oxygens (including phenoxy) is 1. The summed E-state index contributed by atoms with van der Waals surface area (Å²) in [6, 6.07) is 2.05. The van der Waals surface area contributed by atoms with E-state index in [0.29, 0.717) is 6.42 Å². The van der Waals surface area contributed by atoms with Crippen molar-refractivity contribution < 1.29 is 9.84 Å². The lowest BCUT2D eigenvalue weighted by Crippen LogP contribution is -2.40. The molecule has 2 unspecified atom stereocenters. The molecule has 0 aromatic rings. The lowest BCUT2D eigenvalue weighted by molar-refractivity contribution is -0.0231. The molecule has 0 bridgehead atoms. The van der Waals surface area contributed by atoms with Crippen LogP contribution in [0.25, 0.3) is 0 Å². The second-order valence-corrected chi connectivity index (χ2v) is 3.14. The zero-order valence-corrected chi connectivity index (χ0v) is 7.60. The Hall–Kier alpha value is -1.11. The Bertz CT molecular complexity index is 265. The molecule has 1 aliphatic carbocycles. The van der Waals surface area contributed by atoms with Gasteiger partial charge in [-0.3, -0.25) is 0 Å². The predicted octanol–water partition coefficient (Wildman–Crippen LogP) is 1.02. The first-order valence-electron chi connectivity index (χ1n) is 4.17. The van der Waals surface area contributed by atoms with Gasteiger partial charge in [0.1, 0.15) is 5.60 Å². The van der Waals surface area contributed by atoms with Gasteiger partial charge in [-0.2, -0.15) is 5.26 Å². The fraction of sp³-hybridized carbons (Fsp3) is 0.500. The van der Waals surface area contributed by atoms with Gasteiger partial charge in [-0.25, -0.2) is 0 Å². The molecule has 0 spiro atoms. The smallest absolute Gasteiger partial charge is 0.113 e. The van der Waals surface area contributed by atoms with Gasteiger partial charge < -0.3 is 9.84 Å². The third-order valence-corrected chi connectivity index (χ3v) is 2.17. The number of hydrogen-bond acceptors (Lipinski definition) is 3. The molecule has 1 rings (SSSR count). The Kier molecular flexibility index (Phi) is 3.24. The summed E-state index contributed by atoms with van der Waals surface area (Å²) >= 11 is 0. The fourth-order valence-corrected chi connectivity index (χ4v) is 1.44. The summed E-state index contributed by atoms with van der Waals surface area (Å²) in [6.45, 7) is 0.222. The van der Waals surface area contributed by atoms with Crippen LogP contribution in [0.1, 0.15) is 6.42 Å². The second kappa shape index (κ2) is 4.22. The second-order valence-electron chi connectivity index (χ2n) is 3.14. The first-order chi connectivity index (χ1) is 6.23. The maximum absolute atomic E-state index is 10.0. The van der Waals surface area contributed by atoms with Crippen LogP contribution in [0.4, 0.5) is 0 Å². The lowest BCUT2D eigenvalue weighted by atomic mass is 9.82. The molecule has 2 atom stereocenters. The van der Waals surface area contributed by atoms with E-state index in [0.717, 1.165) is 0 Å². The summed E-state index contributed by atoms with van der Waals surface area (Å²) < 4.78 is 4.92. The molecule has 0 aliphatic heterocycles. The summed E-state index contributed by atoms with van der Waals surface area (Å²) in [7, 11) is 1.54. The van der Waals surface area contributed by atoms with Crippen LogP contribution >= 0.6 is 0 Å². The van der Waals surface area contributed by atoms with Crippen molar-refractivity contribution in [3.63, 3.8) is 0 Å². The number of rotatable bonds is 3. The van der Waals surface area contributed by atoms with Crippen LogP contribution in [0.5, 0.6) is 0 Å². The first-order valence-corrected chi connectivity index (χ1v) is 4.17. The van der Waals surface area contributed by atoms with Gasteiger partial charge in [-0.05, 0) is 0 Å². The van der Waals surface area contributed by atoms with Crippen molar-refractivity contribution >= 4 is 0 Å². The molecule has 0 heterocycles. The standard InChI is InChI=1S/C10H13NO2/c1-13-8-10(12)6-3-2-4-9(10)5-7-11/h2-4,6,9,12H,5,8H2,1H3. The van der Waals surface area contributed by atoms with Gasteiger partial charge in [0, 0.05) is 19.4 Å². The molecule has 1 N–H and O–H groups in total. The molecule has 1 aliphatic rings. The van der Waals surface area contributed by atoms with Crippen LogP contribution in [-0.4, -0.2) is 24.4 Å². The molecule has 13 heavy (non-hydrogen) atoms. The quantitative estimate of drug-likeness (QED) is 0.703. The summed E-state index contributed by atoms with van der Waals surface area (Å²) in [6.07, 6.45) is 7.43. The van der Waals surface area contributed by atoms with Gasteiger partial charge in [-0.1, -0.05) is 24.3 Å². The molecule has 0 aromatic heterocycles. The highest BCUT2D eigenvalue weighted by Crippen LogP contribution is 2.27. The average molecular weight is 179 g/mol. The van der Waals surface area contributed by atoms with Gasteiger partial charge in [-0.15, -0.1) is 0 Å². The molecule has 0 radical (unpaired) electrons. The number of hydrogen-bond donors (Lipinski definition) is 1. The Balaban J connectivity index is 2.75. The first kappa shape index (κ1) is 9.97. The van der Waals surface area contributed by atoms with Crippen molar-refractivity contribution in [3.8, 4) is 6.07 Å². The Morgan fingerprint density at radius 3 is 3.00 bits per heavy atom. The SMILES string of the molecule is COCC1(O)C=CC=CC1CC#N. The topological polar surface area (TPSA) is 53.2 Å². The molecule has 3 nitrogen and oxygen atoms in total. The maximum atomic E-state index is 10.0. The van der Waals surface area contributed by atoms with Crippen molar-refractivity contribution in [2.45, 2.75) is 12.0 Å². The Morgan fingerprint density at radius 1 is 1.62 bits per heavy atom. The van der Waals surface area contributed by atoms with Gasteiger partial charge in [0.05, 0.1) is 12.7 Å². The number of methoxy groups -OCH3 is 1. The van der Waals surface area contributed by atoms with E-state index in [9.17, 15) is 5.11 Å². The summed E-state index contributed by atoms with van der Waals surface area (Å²) in [5.74, 6) is -0.164. The highest BCUT2D eigenvalue weighted by Gasteiger charge is 2.33. The third kappa shape index (κ3) is 2.18. The lowest BCUT2D eigenvalue weighted by Gasteiger charge is -2.31. The molecule has 3 heteroatoms. The van der Waals surface area contributed by atoms with E-state index in [1.54, 1.807) is 12.2 Å². The average Bonchev–Trinajstić information content (AvgIpc) is 2.10. The summed E-state index contributed by atoms with van der Waals surface area (Å²) in [5.41, 5.74) is -1.01. The molecular formula is C10H13NO2. The largest absolute Gasteiger partial charge is 0.383 e. The van der Waals surface area contributed by atoms with E-state index in [1.807, 2.05) is 12.2 Å². The van der Waals surface area contributed by atoms with E-state index < -0.39 is 5.60 Å². The molecule has 70 valence electrons. The van der Waals surface area contributed by atoms with Gasteiger partial charge in [0.2, 0.25) is 0 Å². The van der Waals surface area contributed by atoms with Crippen LogP contribution in [0, 0.1) is 17.2 Å². The van der Waals surface area contributed by atoms with Crippen molar-refractivity contribution in [1.29, 1.82) is 5.26 Å². The summed E-state index contributed by atoms with van der Waals surface area (Å²) in [4.78, 5) is 0. The number of nitrogens with zero attached hydrogens (tertiary/aromatic N) is 1. The molecule has 0 aromatic carbocycles. The van der Waals surface area contributed by atoms with Crippen LogP contribution in [0.3, 0.4) is 0 Å². The zero-order valence-electron chi connectivity index (χ0n) is 7.60. The van der Waals surface area contributed by atoms with E-state index in [2.05, 4.69) is 6.07 Å². The van der Waals surface area contributed by atoms with Crippen LogP contribution < -0.4 is 0 Å². The number of allylic oxidation sites excluding steroid dienone is 2. The number of nitriles is 1. The molecule has 0 saturated heterocycles. The molecular weight excluding hydrogens is 166 g/mol. The van der Waals surface area contributed by atoms with Crippen LogP contribution in [0.2, 0.25) is 0 Å². The van der Waals surface area contributed by atoms with E-state index in [1.165, 1.54) is 7.11 Å². The normalized spacial score (nSPS) is 31.6. The Labute approximate surface area is 77.9 Å².